The van der Waals surface area contributed by atoms with Gasteiger partial charge in [-0.1, -0.05) is 48.5 Å². The van der Waals surface area contributed by atoms with Crippen LogP contribution in [-0.4, -0.2) is 15.9 Å². The molecule has 0 radical (unpaired) electrons. The lowest BCUT2D eigenvalue weighted by molar-refractivity contribution is 0.0951. The van der Waals surface area contributed by atoms with Crippen molar-refractivity contribution in [1.82, 2.24) is 15.3 Å². The summed E-state index contributed by atoms with van der Waals surface area (Å²) in [5.74, 6) is 0.877. The van der Waals surface area contributed by atoms with Gasteiger partial charge in [0.25, 0.3) is 5.91 Å². The van der Waals surface area contributed by atoms with E-state index in [4.69, 9.17) is 4.42 Å². The Balaban J connectivity index is 1.58. The lowest BCUT2D eigenvalue weighted by atomic mass is 10.1. The summed E-state index contributed by atoms with van der Waals surface area (Å²) in [6, 6.07) is 22.6. The van der Waals surface area contributed by atoms with Gasteiger partial charge in [0, 0.05) is 17.3 Å². The summed E-state index contributed by atoms with van der Waals surface area (Å²) >= 11 is 0. The number of carbonyl (C=O) groups is 1. The Labute approximate surface area is 156 Å². The van der Waals surface area contributed by atoms with Crippen molar-refractivity contribution in [3.63, 3.8) is 0 Å². The summed E-state index contributed by atoms with van der Waals surface area (Å²) in [6.07, 6.45) is 3.38. The van der Waals surface area contributed by atoms with E-state index in [-0.39, 0.29) is 5.91 Å². The van der Waals surface area contributed by atoms with Crippen LogP contribution in [0.4, 0.5) is 0 Å². The van der Waals surface area contributed by atoms with E-state index in [0.717, 1.165) is 11.3 Å². The van der Waals surface area contributed by atoms with Crippen LogP contribution in [0.5, 0.6) is 0 Å². The Morgan fingerprint density at radius 1 is 0.889 bits per heavy atom. The van der Waals surface area contributed by atoms with E-state index >= 15 is 0 Å². The van der Waals surface area contributed by atoms with Gasteiger partial charge < -0.3 is 9.73 Å². The van der Waals surface area contributed by atoms with Gasteiger partial charge >= 0.3 is 0 Å². The maximum Gasteiger partial charge on any atom is 0.252 e. The zero-order valence-electron chi connectivity index (χ0n) is 14.5. The summed E-state index contributed by atoms with van der Waals surface area (Å²) in [4.78, 5) is 21.3. The van der Waals surface area contributed by atoms with Gasteiger partial charge in [0.1, 0.15) is 0 Å². The third kappa shape index (κ3) is 3.77. The number of nitrogens with one attached hydrogen (secondary N) is 1. The molecule has 27 heavy (non-hydrogen) atoms. The summed E-state index contributed by atoms with van der Waals surface area (Å²) in [5, 5.41) is 2.89. The molecule has 132 valence electrons. The van der Waals surface area contributed by atoms with Crippen LogP contribution in [0.25, 0.3) is 22.8 Å². The van der Waals surface area contributed by atoms with Crippen molar-refractivity contribution in [2.75, 3.05) is 0 Å². The van der Waals surface area contributed by atoms with E-state index in [0.29, 0.717) is 29.3 Å². The number of hydrogen-bond acceptors (Lipinski definition) is 4. The minimum Gasteiger partial charge on any atom is -0.436 e. The van der Waals surface area contributed by atoms with Crippen molar-refractivity contribution >= 4 is 5.91 Å². The van der Waals surface area contributed by atoms with Gasteiger partial charge in [-0.15, -0.1) is 0 Å². The van der Waals surface area contributed by atoms with Crippen molar-refractivity contribution in [1.29, 1.82) is 0 Å². The maximum atomic E-state index is 12.7. The van der Waals surface area contributed by atoms with Gasteiger partial charge in [0.05, 0.1) is 24.0 Å². The van der Waals surface area contributed by atoms with Gasteiger partial charge in [-0.2, -0.15) is 0 Å². The van der Waals surface area contributed by atoms with Crippen LogP contribution in [0.1, 0.15) is 16.1 Å². The normalized spacial score (nSPS) is 10.5. The number of hydrogen-bond donors (Lipinski definition) is 1. The zero-order valence-corrected chi connectivity index (χ0v) is 14.5. The third-order valence-corrected chi connectivity index (χ3v) is 4.12. The average Bonchev–Trinajstić information content (AvgIpc) is 3.23. The van der Waals surface area contributed by atoms with Crippen molar-refractivity contribution < 1.29 is 9.21 Å². The van der Waals surface area contributed by atoms with Crippen LogP contribution >= 0.6 is 0 Å². The number of pyridine rings is 1. The number of nitrogens with zero attached hydrogens (tertiary/aromatic N) is 2. The molecule has 2 aromatic carbocycles. The molecule has 0 saturated carbocycles. The van der Waals surface area contributed by atoms with Crippen molar-refractivity contribution in [3.05, 3.63) is 96.4 Å². The second-order valence-electron chi connectivity index (χ2n) is 5.95. The van der Waals surface area contributed by atoms with Gasteiger partial charge in [-0.25, -0.2) is 4.98 Å². The highest BCUT2D eigenvalue weighted by Gasteiger charge is 2.16. The van der Waals surface area contributed by atoms with Gasteiger partial charge in [-0.3, -0.25) is 9.78 Å². The predicted molar refractivity (Wildman–Crippen MR) is 103 cm³/mol. The molecule has 5 heteroatoms. The first-order valence-corrected chi connectivity index (χ1v) is 8.60. The van der Waals surface area contributed by atoms with Crippen LogP contribution in [0.3, 0.4) is 0 Å². The third-order valence-electron chi connectivity index (χ3n) is 4.12. The maximum absolute atomic E-state index is 12.7. The Morgan fingerprint density at radius 2 is 1.67 bits per heavy atom. The van der Waals surface area contributed by atoms with E-state index < -0.39 is 0 Å². The van der Waals surface area contributed by atoms with Crippen molar-refractivity contribution in [3.8, 4) is 22.8 Å². The molecule has 4 rings (SSSR count). The molecule has 0 saturated heterocycles. The zero-order chi connectivity index (χ0) is 18.5. The number of rotatable bonds is 5. The highest BCUT2D eigenvalue weighted by Crippen LogP contribution is 2.28. The fraction of sp³-hybridized carbons (Fsp3) is 0.0455. The Kier molecular flexibility index (Phi) is 4.74. The monoisotopic (exact) mass is 355 g/mol. The minimum atomic E-state index is -0.198. The fourth-order valence-corrected chi connectivity index (χ4v) is 2.77. The predicted octanol–water partition coefficient (Wildman–Crippen LogP) is 4.33. The molecule has 1 N–H and O–H groups in total. The van der Waals surface area contributed by atoms with Crippen LogP contribution in [0.2, 0.25) is 0 Å². The first kappa shape index (κ1) is 16.7. The largest absolute Gasteiger partial charge is 0.436 e. The molecule has 2 heterocycles. The molecule has 1 amide bonds. The summed E-state index contributed by atoms with van der Waals surface area (Å²) < 4.78 is 5.91. The molecule has 0 bridgehead atoms. The molecule has 0 atom stereocenters. The standard InChI is InChI=1S/C22H17N3O2/c26-21(24-14-17-10-6-7-13-23-17)18-11-4-5-12-19(18)22-25-15-20(27-22)16-8-2-1-3-9-16/h1-13,15H,14H2,(H,24,26). The molecule has 0 aliphatic rings. The Morgan fingerprint density at radius 3 is 2.48 bits per heavy atom. The second kappa shape index (κ2) is 7.66. The second-order valence-corrected chi connectivity index (χ2v) is 5.95. The average molecular weight is 355 g/mol. The molecule has 0 aliphatic carbocycles. The molecular formula is C22H17N3O2. The summed E-state index contributed by atoms with van der Waals surface area (Å²) in [7, 11) is 0. The molecular weight excluding hydrogens is 338 g/mol. The Hall–Kier alpha value is -3.73. The van der Waals surface area contributed by atoms with Gasteiger partial charge in [0.15, 0.2) is 5.76 Å². The number of oxazole rings is 1. The number of aromatic nitrogens is 2. The van der Waals surface area contributed by atoms with Gasteiger partial charge in [0.2, 0.25) is 5.89 Å². The highest BCUT2D eigenvalue weighted by molar-refractivity contribution is 6.00. The van der Waals surface area contributed by atoms with E-state index in [1.807, 2.05) is 66.7 Å². The fourth-order valence-electron chi connectivity index (χ4n) is 2.77. The molecule has 2 aromatic heterocycles. The number of carbonyl (C=O) groups excluding carboxylic acids is 1. The molecule has 5 nitrogen and oxygen atoms in total. The molecule has 4 aromatic rings. The number of amides is 1. The molecule has 0 spiro atoms. The summed E-state index contributed by atoms with van der Waals surface area (Å²) in [5.41, 5.74) is 2.90. The van der Waals surface area contributed by atoms with Crippen LogP contribution in [0, 0.1) is 0 Å². The quantitative estimate of drug-likeness (QED) is 0.578. The number of benzene rings is 2. The lowest BCUT2D eigenvalue weighted by Crippen LogP contribution is -2.23. The topological polar surface area (TPSA) is 68.0 Å². The Bertz CT molecular complexity index is 1040. The highest BCUT2D eigenvalue weighted by atomic mass is 16.4. The van der Waals surface area contributed by atoms with E-state index in [1.54, 1.807) is 18.5 Å². The van der Waals surface area contributed by atoms with Crippen LogP contribution in [0.15, 0.2) is 89.6 Å². The lowest BCUT2D eigenvalue weighted by Gasteiger charge is -2.08. The van der Waals surface area contributed by atoms with Crippen molar-refractivity contribution in [2.45, 2.75) is 6.54 Å². The summed E-state index contributed by atoms with van der Waals surface area (Å²) in [6.45, 7) is 0.356. The van der Waals surface area contributed by atoms with Crippen LogP contribution < -0.4 is 5.32 Å². The van der Waals surface area contributed by atoms with Crippen LogP contribution in [-0.2, 0) is 6.54 Å². The SMILES string of the molecule is O=C(NCc1ccccn1)c1ccccc1-c1ncc(-c2ccccc2)o1. The minimum absolute atomic E-state index is 0.198. The first-order chi connectivity index (χ1) is 13.3. The van der Waals surface area contributed by atoms with E-state index in [2.05, 4.69) is 15.3 Å². The van der Waals surface area contributed by atoms with Crippen molar-refractivity contribution in [2.24, 2.45) is 0 Å². The smallest absolute Gasteiger partial charge is 0.252 e. The molecule has 0 unspecified atom stereocenters. The van der Waals surface area contributed by atoms with Gasteiger partial charge in [-0.05, 0) is 24.3 Å². The van der Waals surface area contributed by atoms with E-state index in [9.17, 15) is 4.79 Å². The van der Waals surface area contributed by atoms with E-state index in [1.165, 1.54) is 0 Å². The first-order valence-electron chi connectivity index (χ1n) is 8.60. The molecule has 0 fully saturated rings. The molecule has 0 aliphatic heterocycles.